The molecule has 3 nitrogen and oxygen atoms in total. The molecule has 0 aliphatic rings. The highest BCUT2D eigenvalue weighted by atomic mass is 14.9. The van der Waals surface area contributed by atoms with Crippen LogP contribution >= 0.6 is 0 Å². The van der Waals surface area contributed by atoms with Crippen LogP contribution < -0.4 is 5.32 Å². The van der Waals surface area contributed by atoms with Gasteiger partial charge in [0.2, 0.25) is 0 Å². The van der Waals surface area contributed by atoms with Crippen LogP contribution in [-0.2, 0) is 0 Å². The molecule has 0 bridgehead atoms. The molecule has 2 aromatic rings. The van der Waals surface area contributed by atoms with Crippen molar-refractivity contribution in [3.05, 3.63) is 42.2 Å². The lowest BCUT2D eigenvalue weighted by Crippen LogP contribution is -1.94. The van der Waals surface area contributed by atoms with E-state index in [0.29, 0.717) is 5.92 Å². The molecule has 0 saturated heterocycles. The Morgan fingerprint density at radius 2 is 1.59 bits per heavy atom. The van der Waals surface area contributed by atoms with Crippen LogP contribution in [0.5, 0.6) is 0 Å². The van der Waals surface area contributed by atoms with Gasteiger partial charge in [-0.2, -0.15) is 0 Å². The summed E-state index contributed by atoms with van der Waals surface area (Å²) in [4.78, 5) is 8.64. The molecule has 3 heteroatoms. The van der Waals surface area contributed by atoms with E-state index in [0.717, 1.165) is 17.1 Å². The SMILES string of the molecule is CNc1cnc(-c2ccc(C(C)C)cc2)nc1. The van der Waals surface area contributed by atoms with Crippen LogP contribution in [0, 0.1) is 0 Å². The van der Waals surface area contributed by atoms with Gasteiger partial charge in [0.25, 0.3) is 0 Å². The number of hydrogen-bond donors (Lipinski definition) is 1. The number of rotatable bonds is 3. The quantitative estimate of drug-likeness (QED) is 0.874. The highest BCUT2D eigenvalue weighted by Gasteiger charge is 2.03. The minimum Gasteiger partial charge on any atom is -0.386 e. The maximum absolute atomic E-state index is 4.32. The summed E-state index contributed by atoms with van der Waals surface area (Å²) in [7, 11) is 1.86. The van der Waals surface area contributed by atoms with Crippen molar-refractivity contribution in [1.82, 2.24) is 9.97 Å². The maximum Gasteiger partial charge on any atom is 0.159 e. The van der Waals surface area contributed by atoms with Gasteiger partial charge in [-0.1, -0.05) is 38.1 Å². The number of anilines is 1. The van der Waals surface area contributed by atoms with Gasteiger partial charge < -0.3 is 5.32 Å². The van der Waals surface area contributed by atoms with E-state index >= 15 is 0 Å². The molecule has 0 amide bonds. The summed E-state index contributed by atoms with van der Waals surface area (Å²) < 4.78 is 0. The Labute approximate surface area is 102 Å². The Morgan fingerprint density at radius 3 is 2.06 bits per heavy atom. The van der Waals surface area contributed by atoms with E-state index in [1.54, 1.807) is 12.4 Å². The average Bonchev–Trinajstić information content (AvgIpc) is 2.39. The summed E-state index contributed by atoms with van der Waals surface area (Å²) in [6.07, 6.45) is 3.58. The highest BCUT2D eigenvalue weighted by Crippen LogP contribution is 2.20. The molecule has 1 N–H and O–H groups in total. The molecule has 0 radical (unpaired) electrons. The first-order chi connectivity index (χ1) is 8.20. The second-order valence-electron chi connectivity index (χ2n) is 4.32. The van der Waals surface area contributed by atoms with Gasteiger partial charge in [-0.3, -0.25) is 0 Å². The summed E-state index contributed by atoms with van der Waals surface area (Å²) in [6.45, 7) is 4.38. The van der Waals surface area contributed by atoms with E-state index in [1.807, 2.05) is 7.05 Å². The first-order valence-electron chi connectivity index (χ1n) is 5.81. The third-order valence-corrected chi connectivity index (χ3v) is 2.78. The molecule has 0 atom stereocenters. The maximum atomic E-state index is 4.32. The molecule has 0 fully saturated rings. The van der Waals surface area contributed by atoms with Crippen molar-refractivity contribution in [1.29, 1.82) is 0 Å². The molecule has 1 heterocycles. The third-order valence-electron chi connectivity index (χ3n) is 2.78. The Hall–Kier alpha value is -1.90. The lowest BCUT2D eigenvalue weighted by molar-refractivity contribution is 0.867. The van der Waals surface area contributed by atoms with Gasteiger partial charge in [0.1, 0.15) is 0 Å². The zero-order valence-electron chi connectivity index (χ0n) is 10.4. The van der Waals surface area contributed by atoms with Crippen molar-refractivity contribution in [2.24, 2.45) is 0 Å². The van der Waals surface area contributed by atoms with Crippen LogP contribution in [0.15, 0.2) is 36.7 Å². The average molecular weight is 227 g/mol. The Bertz CT molecular complexity index is 472. The number of nitrogens with one attached hydrogen (secondary N) is 1. The predicted octanol–water partition coefficient (Wildman–Crippen LogP) is 3.31. The number of benzene rings is 1. The zero-order valence-corrected chi connectivity index (χ0v) is 10.4. The molecule has 0 aliphatic heterocycles. The normalized spacial score (nSPS) is 10.6. The first kappa shape index (κ1) is 11.6. The molecule has 17 heavy (non-hydrogen) atoms. The van der Waals surface area contributed by atoms with E-state index in [4.69, 9.17) is 0 Å². The van der Waals surface area contributed by atoms with Gasteiger partial charge in [0.15, 0.2) is 5.82 Å². The Kier molecular flexibility index (Phi) is 3.38. The van der Waals surface area contributed by atoms with E-state index in [9.17, 15) is 0 Å². The fourth-order valence-electron chi connectivity index (χ4n) is 1.62. The minimum atomic E-state index is 0.552. The van der Waals surface area contributed by atoms with Crippen molar-refractivity contribution in [3.63, 3.8) is 0 Å². The fourth-order valence-corrected chi connectivity index (χ4v) is 1.62. The van der Waals surface area contributed by atoms with Gasteiger partial charge in [-0.15, -0.1) is 0 Å². The van der Waals surface area contributed by atoms with E-state index < -0.39 is 0 Å². The molecule has 0 saturated carbocycles. The van der Waals surface area contributed by atoms with E-state index in [-0.39, 0.29) is 0 Å². The first-order valence-corrected chi connectivity index (χ1v) is 5.81. The van der Waals surface area contributed by atoms with E-state index in [2.05, 4.69) is 53.4 Å². The molecular weight excluding hydrogens is 210 g/mol. The standard InChI is InChI=1S/C14H17N3/c1-10(2)11-4-6-12(7-5-11)14-16-8-13(15-3)9-17-14/h4-10,15H,1-3H3. The zero-order chi connectivity index (χ0) is 12.3. The summed E-state index contributed by atoms with van der Waals surface area (Å²) in [5.41, 5.74) is 3.31. The molecule has 2 rings (SSSR count). The topological polar surface area (TPSA) is 37.8 Å². The molecule has 1 aromatic carbocycles. The van der Waals surface area contributed by atoms with E-state index in [1.165, 1.54) is 5.56 Å². The van der Waals surface area contributed by atoms with Crippen LogP contribution in [0.3, 0.4) is 0 Å². The Morgan fingerprint density at radius 1 is 1.00 bits per heavy atom. The fraction of sp³-hybridized carbons (Fsp3) is 0.286. The molecular formula is C14H17N3. The van der Waals surface area contributed by atoms with Crippen LogP contribution in [0.2, 0.25) is 0 Å². The van der Waals surface area contributed by atoms with Crippen LogP contribution in [0.25, 0.3) is 11.4 Å². The third kappa shape index (κ3) is 2.61. The molecule has 1 aromatic heterocycles. The molecule has 88 valence electrons. The van der Waals surface area contributed by atoms with Crippen molar-refractivity contribution in [2.45, 2.75) is 19.8 Å². The lowest BCUT2D eigenvalue weighted by Gasteiger charge is -2.06. The van der Waals surface area contributed by atoms with Gasteiger partial charge in [0.05, 0.1) is 18.1 Å². The predicted molar refractivity (Wildman–Crippen MR) is 71.1 cm³/mol. The van der Waals surface area contributed by atoms with Gasteiger partial charge in [0, 0.05) is 12.6 Å². The van der Waals surface area contributed by atoms with Crippen molar-refractivity contribution < 1.29 is 0 Å². The molecule has 0 spiro atoms. The number of hydrogen-bond acceptors (Lipinski definition) is 3. The van der Waals surface area contributed by atoms with Crippen LogP contribution in [0.4, 0.5) is 5.69 Å². The number of nitrogens with zero attached hydrogens (tertiary/aromatic N) is 2. The van der Waals surface area contributed by atoms with Gasteiger partial charge >= 0.3 is 0 Å². The summed E-state index contributed by atoms with van der Waals surface area (Å²) in [6, 6.07) is 8.41. The second kappa shape index (κ2) is 4.95. The smallest absolute Gasteiger partial charge is 0.159 e. The van der Waals surface area contributed by atoms with Crippen molar-refractivity contribution >= 4 is 5.69 Å². The molecule has 0 unspecified atom stereocenters. The monoisotopic (exact) mass is 227 g/mol. The van der Waals surface area contributed by atoms with Gasteiger partial charge in [-0.25, -0.2) is 9.97 Å². The summed E-state index contributed by atoms with van der Waals surface area (Å²) in [5.74, 6) is 1.32. The molecule has 0 aliphatic carbocycles. The van der Waals surface area contributed by atoms with Crippen LogP contribution in [-0.4, -0.2) is 17.0 Å². The lowest BCUT2D eigenvalue weighted by atomic mass is 10.0. The highest BCUT2D eigenvalue weighted by molar-refractivity contribution is 5.56. The Balaban J connectivity index is 2.26. The largest absolute Gasteiger partial charge is 0.386 e. The van der Waals surface area contributed by atoms with Crippen LogP contribution in [0.1, 0.15) is 25.3 Å². The minimum absolute atomic E-state index is 0.552. The summed E-state index contributed by atoms with van der Waals surface area (Å²) >= 11 is 0. The van der Waals surface area contributed by atoms with Gasteiger partial charge in [-0.05, 0) is 11.5 Å². The summed E-state index contributed by atoms with van der Waals surface area (Å²) in [5, 5.41) is 3.00. The van der Waals surface area contributed by atoms with Crippen molar-refractivity contribution in [3.8, 4) is 11.4 Å². The van der Waals surface area contributed by atoms with Crippen molar-refractivity contribution in [2.75, 3.05) is 12.4 Å². The number of aromatic nitrogens is 2. The second-order valence-corrected chi connectivity index (χ2v) is 4.32.